The van der Waals surface area contributed by atoms with Crippen molar-refractivity contribution in [2.24, 2.45) is 0 Å². The maximum absolute atomic E-state index is 14.3. The number of rotatable bonds is 6. The van der Waals surface area contributed by atoms with Crippen LogP contribution in [-0.2, 0) is 16.1 Å². The molecule has 174 valence electrons. The van der Waals surface area contributed by atoms with E-state index in [1.165, 1.54) is 30.2 Å². The minimum absolute atomic E-state index is 0.101. The number of thiazole rings is 1. The number of hydrogen-bond donors (Lipinski definition) is 0. The highest BCUT2D eigenvalue weighted by atomic mass is 32.1. The van der Waals surface area contributed by atoms with Crippen LogP contribution in [0.4, 0.5) is 15.2 Å². The predicted octanol–water partition coefficient (Wildman–Crippen LogP) is 5.03. The maximum atomic E-state index is 14.3. The SMILES string of the molecule is CC(=O)N(c1nc(COC(=O)c2cnn3c(-c4ccccc4)ccnc23)cs1)c1ccccc1F. The predicted molar refractivity (Wildman–Crippen MR) is 129 cm³/mol. The molecule has 0 fully saturated rings. The molecule has 0 radical (unpaired) electrons. The van der Waals surface area contributed by atoms with Crippen LogP contribution in [0, 0.1) is 5.82 Å². The third-order valence-electron chi connectivity index (χ3n) is 5.18. The van der Waals surface area contributed by atoms with Gasteiger partial charge in [0.2, 0.25) is 5.91 Å². The Bertz CT molecular complexity index is 1530. The highest BCUT2D eigenvalue weighted by Gasteiger charge is 2.22. The highest BCUT2D eigenvalue weighted by Crippen LogP contribution is 2.31. The van der Waals surface area contributed by atoms with Crippen LogP contribution in [0.15, 0.2) is 78.4 Å². The van der Waals surface area contributed by atoms with Gasteiger partial charge in [0, 0.05) is 24.1 Å². The number of para-hydroxylation sites is 1. The number of nitrogens with zero attached hydrogens (tertiary/aromatic N) is 5. The van der Waals surface area contributed by atoms with Gasteiger partial charge < -0.3 is 4.74 Å². The number of aromatic nitrogens is 4. The summed E-state index contributed by atoms with van der Waals surface area (Å²) in [6.07, 6.45) is 3.03. The molecule has 0 saturated carbocycles. The molecule has 0 spiro atoms. The van der Waals surface area contributed by atoms with Gasteiger partial charge in [0.1, 0.15) is 18.0 Å². The molecule has 0 aliphatic carbocycles. The summed E-state index contributed by atoms with van der Waals surface area (Å²) in [6, 6.07) is 17.4. The van der Waals surface area contributed by atoms with Crippen molar-refractivity contribution >= 4 is 39.7 Å². The fourth-order valence-corrected chi connectivity index (χ4v) is 4.45. The molecule has 0 saturated heterocycles. The monoisotopic (exact) mass is 487 g/mol. The first kappa shape index (κ1) is 22.4. The Morgan fingerprint density at radius 1 is 1.09 bits per heavy atom. The summed E-state index contributed by atoms with van der Waals surface area (Å²) in [6.45, 7) is 1.20. The number of hydrogen-bond acceptors (Lipinski definition) is 7. The molecule has 0 bridgehead atoms. The smallest absolute Gasteiger partial charge is 0.344 e. The molecule has 5 rings (SSSR count). The van der Waals surface area contributed by atoms with Crippen LogP contribution in [0.5, 0.6) is 0 Å². The molecule has 3 aromatic heterocycles. The lowest BCUT2D eigenvalue weighted by Crippen LogP contribution is -2.23. The molecule has 0 aliphatic heterocycles. The van der Waals surface area contributed by atoms with Crippen LogP contribution in [0.2, 0.25) is 0 Å². The molecule has 1 amide bonds. The van der Waals surface area contributed by atoms with Crippen molar-refractivity contribution in [1.82, 2.24) is 19.6 Å². The number of carbonyl (C=O) groups is 2. The second kappa shape index (κ2) is 9.43. The van der Waals surface area contributed by atoms with E-state index >= 15 is 0 Å². The van der Waals surface area contributed by atoms with E-state index in [2.05, 4.69) is 15.1 Å². The van der Waals surface area contributed by atoms with E-state index in [9.17, 15) is 14.0 Å². The zero-order chi connectivity index (χ0) is 24.4. The molecule has 35 heavy (non-hydrogen) atoms. The quantitative estimate of drug-likeness (QED) is 0.312. The van der Waals surface area contributed by atoms with Crippen molar-refractivity contribution in [3.8, 4) is 11.3 Å². The first-order valence-electron chi connectivity index (χ1n) is 10.6. The summed E-state index contributed by atoms with van der Waals surface area (Å²) < 4.78 is 21.3. The van der Waals surface area contributed by atoms with Gasteiger partial charge in [0.05, 0.1) is 23.3 Å². The minimum Gasteiger partial charge on any atom is -0.455 e. The third-order valence-corrected chi connectivity index (χ3v) is 6.06. The van der Waals surface area contributed by atoms with Crippen LogP contribution in [0.1, 0.15) is 23.0 Å². The highest BCUT2D eigenvalue weighted by molar-refractivity contribution is 7.14. The number of carbonyl (C=O) groups excluding carboxylic acids is 2. The summed E-state index contributed by atoms with van der Waals surface area (Å²) in [4.78, 5) is 34.9. The largest absolute Gasteiger partial charge is 0.455 e. The van der Waals surface area contributed by atoms with Crippen LogP contribution in [0.3, 0.4) is 0 Å². The van der Waals surface area contributed by atoms with E-state index in [4.69, 9.17) is 4.74 Å². The normalized spacial score (nSPS) is 10.9. The van der Waals surface area contributed by atoms with Gasteiger partial charge >= 0.3 is 5.97 Å². The standard InChI is InChI=1S/C25H18FN5O3S/c1-16(32)30(22-10-6-5-9-20(22)26)25-29-18(15-35-25)14-34-24(33)19-13-28-31-21(11-12-27-23(19)31)17-7-3-2-4-8-17/h2-13,15H,14H2,1H3. The Morgan fingerprint density at radius 2 is 1.86 bits per heavy atom. The molecule has 0 unspecified atom stereocenters. The van der Waals surface area contributed by atoms with Crippen molar-refractivity contribution in [2.45, 2.75) is 13.5 Å². The molecule has 0 atom stereocenters. The van der Waals surface area contributed by atoms with Crippen molar-refractivity contribution in [3.05, 3.63) is 95.5 Å². The van der Waals surface area contributed by atoms with E-state index in [0.717, 1.165) is 22.6 Å². The summed E-state index contributed by atoms with van der Waals surface area (Å²) in [7, 11) is 0. The topological polar surface area (TPSA) is 89.7 Å². The second-order valence-corrected chi connectivity index (χ2v) is 8.33. The van der Waals surface area contributed by atoms with Crippen LogP contribution in [0.25, 0.3) is 16.9 Å². The summed E-state index contributed by atoms with van der Waals surface area (Å²) in [5, 5.41) is 6.25. The number of esters is 1. The number of fused-ring (bicyclic) bond motifs is 1. The van der Waals surface area contributed by atoms with Crippen molar-refractivity contribution in [2.75, 3.05) is 4.90 Å². The number of halogens is 1. The van der Waals surface area contributed by atoms with E-state index in [-0.39, 0.29) is 28.9 Å². The molecule has 10 heteroatoms. The van der Waals surface area contributed by atoms with Crippen LogP contribution >= 0.6 is 11.3 Å². The molecular formula is C25H18FN5O3S. The average molecular weight is 488 g/mol. The lowest BCUT2D eigenvalue weighted by molar-refractivity contribution is -0.115. The van der Waals surface area contributed by atoms with Crippen molar-refractivity contribution in [1.29, 1.82) is 0 Å². The summed E-state index contributed by atoms with van der Waals surface area (Å²) in [5.41, 5.74) is 2.84. The molecular weight excluding hydrogens is 469 g/mol. The Kier molecular flexibility index (Phi) is 6.02. The van der Waals surface area contributed by atoms with Gasteiger partial charge in [0.25, 0.3) is 0 Å². The zero-order valence-corrected chi connectivity index (χ0v) is 19.3. The second-order valence-electron chi connectivity index (χ2n) is 7.49. The lowest BCUT2D eigenvalue weighted by Gasteiger charge is -2.18. The summed E-state index contributed by atoms with van der Waals surface area (Å²) >= 11 is 1.15. The number of amides is 1. The third kappa shape index (κ3) is 4.38. The Morgan fingerprint density at radius 3 is 2.63 bits per heavy atom. The Hall–Kier alpha value is -4.44. The number of ether oxygens (including phenoxy) is 1. The van der Waals surface area contributed by atoms with Gasteiger partial charge in [-0.1, -0.05) is 42.5 Å². The van der Waals surface area contributed by atoms with Gasteiger partial charge in [-0.3, -0.25) is 9.69 Å². The molecule has 0 aliphatic rings. The Balaban J connectivity index is 1.35. The maximum Gasteiger partial charge on any atom is 0.344 e. The molecule has 8 nitrogen and oxygen atoms in total. The van der Waals surface area contributed by atoms with Gasteiger partial charge in [-0.05, 0) is 18.2 Å². The number of benzene rings is 2. The van der Waals surface area contributed by atoms with Crippen LogP contribution < -0.4 is 4.90 Å². The van der Waals surface area contributed by atoms with Crippen molar-refractivity contribution < 1.29 is 18.7 Å². The first-order chi connectivity index (χ1) is 17.0. The van der Waals surface area contributed by atoms with E-state index in [1.54, 1.807) is 28.2 Å². The minimum atomic E-state index is -0.607. The first-order valence-corrected chi connectivity index (χ1v) is 11.5. The lowest BCUT2D eigenvalue weighted by atomic mass is 10.1. The summed E-state index contributed by atoms with van der Waals surface area (Å²) in [5.74, 6) is -1.54. The molecule has 2 aromatic carbocycles. The molecule has 0 N–H and O–H groups in total. The van der Waals surface area contributed by atoms with E-state index in [0.29, 0.717) is 11.3 Å². The molecule has 3 heterocycles. The van der Waals surface area contributed by atoms with Gasteiger partial charge in [0.15, 0.2) is 10.8 Å². The fraction of sp³-hybridized carbons (Fsp3) is 0.0800. The number of anilines is 2. The van der Waals surface area contributed by atoms with Gasteiger partial charge in [-0.25, -0.2) is 23.7 Å². The van der Waals surface area contributed by atoms with Gasteiger partial charge in [-0.15, -0.1) is 11.3 Å². The van der Waals surface area contributed by atoms with Crippen molar-refractivity contribution in [3.63, 3.8) is 0 Å². The fourth-order valence-electron chi connectivity index (χ4n) is 3.59. The van der Waals surface area contributed by atoms with E-state index < -0.39 is 11.8 Å². The zero-order valence-electron chi connectivity index (χ0n) is 18.5. The Labute approximate surface area is 203 Å². The van der Waals surface area contributed by atoms with E-state index in [1.807, 2.05) is 36.4 Å². The van der Waals surface area contributed by atoms with Crippen LogP contribution in [-0.4, -0.2) is 31.5 Å². The van der Waals surface area contributed by atoms with Gasteiger partial charge in [-0.2, -0.15) is 5.10 Å². The average Bonchev–Trinajstić information content (AvgIpc) is 3.51. The molecule has 5 aromatic rings.